The van der Waals surface area contributed by atoms with Gasteiger partial charge in [0.25, 0.3) is 5.91 Å². The first-order chi connectivity index (χ1) is 65.6. The predicted octanol–water partition coefficient (Wildman–Crippen LogP) is 9.99. The molecule has 2 aromatic heterocycles. The van der Waals surface area contributed by atoms with E-state index in [-0.39, 0.29) is 78.0 Å². The molecule has 5 saturated carbocycles. The molecule has 0 unspecified atom stereocenters. The Labute approximate surface area is 807 Å². The Balaban J connectivity index is 0.000000234. The lowest BCUT2D eigenvalue weighted by molar-refractivity contribution is -0.146. The van der Waals surface area contributed by atoms with E-state index in [0.717, 1.165) is 125 Å². The van der Waals surface area contributed by atoms with Crippen LogP contribution in [-0.4, -0.2) is 237 Å². The molecule has 3 aliphatic heterocycles. The zero-order valence-electron chi connectivity index (χ0n) is 82.4. The Morgan fingerprint density at radius 3 is 1.07 bits per heavy atom. The number of aromatic carboxylic acids is 1. The maximum Gasteiger partial charge on any atom is 0.408 e. The molecule has 8 fully saturated rings. The van der Waals surface area contributed by atoms with Gasteiger partial charge in [-0.25, -0.2) is 33.6 Å². The lowest BCUT2D eigenvalue weighted by Gasteiger charge is -2.29. The molecule has 9 amide bonds. The van der Waals surface area contributed by atoms with Crippen LogP contribution >= 0.6 is 0 Å². The molecule has 0 bridgehead atoms. The molecule has 8 aliphatic rings. The molecule has 5 aliphatic carbocycles. The molecule has 4 aromatic rings. The van der Waals surface area contributed by atoms with E-state index in [1.165, 1.54) is 67.0 Å². The number of benzene rings is 2. The maximum atomic E-state index is 13.5. The minimum absolute atomic E-state index is 0.0145. The third kappa shape index (κ3) is 38.3. The van der Waals surface area contributed by atoms with Crippen LogP contribution in [0.15, 0.2) is 48.5 Å². The van der Waals surface area contributed by atoms with E-state index in [9.17, 15) is 81.8 Å². The third-order valence-corrected chi connectivity index (χ3v) is 26.2. The van der Waals surface area contributed by atoms with Crippen molar-refractivity contribution in [1.29, 1.82) is 0 Å². The number of carbonyl (C=O) groups excluding carboxylic acids is 14. The number of H-pyrrole nitrogens is 2. The number of hydrogen-bond acceptors (Lipinski definition) is 26. The number of nitrogens with one attached hydrogen (secondary N) is 11. The van der Waals surface area contributed by atoms with Crippen LogP contribution in [0.1, 0.15) is 281 Å². The van der Waals surface area contributed by atoms with Crippen molar-refractivity contribution in [3.63, 3.8) is 0 Å². The number of methoxy groups -OCH3 is 6. The third-order valence-electron chi connectivity index (χ3n) is 26.2. The van der Waals surface area contributed by atoms with Gasteiger partial charge < -0.3 is 117 Å². The number of esters is 4. The first-order valence-electron chi connectivity index (χ1n) is 48.8. The highest BCUT2D eigenvalue weighted by Gasteiger charge is 2.40. The van der Waals surface area contributed by atoms with Crippen LogP contribution in [0.3, 0.4) is 0 Å². The molecule has 17 N–H and O–H groups in total. The predicted molar refractivity (Wildman–Crippen MR) is 511 cm³/mol. The van der Waals surface area contributed by atoms with Crippen LogP contribution in [0.4, 0.5) is 9.59 Å². The molecule has 12 atom stereocenters. The second-order valence-corrected chi connectivity index (χ2v) is 39.1. The monoisotopic (exact) mass is 1940 g/mol. The summed E-state index contributed by atoms with van der Waals surface area (Å²) < 4.78 is 39.9. The Morgan fingerprint density at radius 2 is 0.725 bits per heavy atom. The number of aromatic amines is 2. The van der Waals surface area contributed by atoms with E-state index in [2.05, 4.69) is 62.6 Å². The molecular formula is C99H151N13O26. The minimum atomic E-state index is -0.989. The number of nitrogens with two attached hydrogens (primary N) is 2. The molecule has 0 spiro atoms. The number of rotatable bonds is 34. The van der Waals surface area contributed by atoms with Crippen LogP contribution in [0.2, 0.25) is 0 Å². The van der Waals surface area contributed by atoms with Crippen LogP contribution in [-0.2, 0) is 86.0 Å². The first kappa shape index (κ1) is 113. The molecule has 12 rings (SSSR count). The van der Waals surface area contributed by atoms with Gasteiger partial charge in [-0.1, -0.05) is 141 Å². The number of ketones is 1. The van der Waals surface area contributed by atoms with Crippen molar-refractivity contribution in [2.45, 2.75) is 319 Å². The Morgan fingerprint density at radius 1 is 0.377 bits per heavy atom. The zero-order chi connectivity index (χ0) is 101. The molecule has 39 nitrogen and oxygen atoms in total. The van der Waals surface area contributed by atoms with Crippen LogP contribution < -0.4 is 68.8 Å². The van der Waals surface area contributed by atoms with Crippen molar-refractivity contribution in [3.05, 3.63) is 59.9 Å². The highest BCUT2D eigenvalue weighted by molar-refractivity contribution is 6.02. The molecular weight excluding hydrogens is 1790 g/mol. The van der Waals surface area contributed by atoms with E-state index < -0.39 is 125 Å². The fourth-order valence-corrected chi connectivity index (χ4v) is 18.9. The van der Waals surface area contributed by atoms with Crippen molar-refractivity contribution in [2.75, 3.05) is 62.3 Å². The first-order valence-corrected chi connectivity index (χ1v) is 48.8. The maximum absolute atomic E-state index is 13.5. The number of alkyl carbamates (subject to hydrolysis) is 2. The van der Waals surface area contributed by atoms with Gasteiger partial charge in [-0.05, 0) is 185 Å². The van der Waals surface area contributed by atoms with Crippen LogP contribution in [0.25, 0.3) is 21.8 Å². The van der Waals surface area contributed by atoms with E-state index in [4.69, 9.17) is 49.7 Å². The lowest BCUT2D eigenvalue weighted by Crippen LogP contribution is -2.53. The van der Waals surface area contributed by atoms with Crippen molar-refractivity contribution >= 4 is 117 Å². The van der Waals surface area contributed by atoms with Crippen LogP contribution in [0, 0.1) is 47.3 Å². The Hall–Kier alpha value is -11.6. The van der Waals surface area contributed by atoms with E-state index in [0.29, 0.717) is 118 Å². The van der Waals surface area contributed by atoms with E-state index >= 15 is 0 Å². The number of ether oxygens (including phenoxy) is 8. The van der Waals surface area contributed by atoms with Gasteiger partial charge in [0, 0.05) is 71.5 Å². The smallest absolute Gasteiger partial charge is 0.408 e. The standard InChI is InChI=1S/C28H37N3O6.C22H37N3O6.C17H29N3O4.C14H25NO4.C10H9NO3.C8H14N2O3/c1-36-25-13-7-11-20-19(25)16-22(29-20)27(34)30-21(14-17-8-4-3-5-9-17)26(33)31-23(28(35)37-2)15-18-10-6-12-24(18)32;1-22(2,3)31-21(29)25-16(12-14-8-6-5-7-9-14)19(27)24-17(20(28)30-4)13-15-10-11-23-18(15)26;1-24-17(23)14(10-12-7-8-19-15(12)21)20-16(22)13(18)9-11-5-3-2-4-6-11;1-14(2,3)19-13(18)15-11(12(16)17)9-10-7-5-4-6-8-10;1-14-9-4-2-3-7-6(9)5-8(11-7)10(12)13;1-13-8(12)6(9)4-5-2-3-10-7(5)11/h7,11,13,16-18,21,23,29H,3-6,8-10,12,14-15H2,1-2H3,(H,30,34)(H,31,33);14-17H,5-13H2,1-4H3,(H,23,26)(H,24,27)(H,25,29);11-14H,2-10,18H2,1H3,(H,19,21)(H,20,22);10-11H,4-9H2,1-3H3,(H,15,18)(H,16,17);2-5,11H,1H3,(H,12,13);5-6H,2-4,9H2,1H3,(H,10,11)/t18-,21-,23-;15-,16-,17-;12-,13-,14-;11-;;5-,6-/m0000.0/s1. The van der Waals surface area contributed by atoms with Crippen molar-refractivity contribution in [3.8, 4) is 11.5 Å². The number of carbonyl (C=O) groups is 16. The summed E-state index contributed by atoms with van der Waals surface area (Å²) in [5, 5.41) is 43.9. The second-order valence-electron chi connectivity index (χ2n) is 39.1. The molecule has 3 saturated heterocycles. The Kier molecular flexibility index (Phi) is 46.9. The number of carboxylic acid groups (broad SMARTS) is 2. The number of aliphatic carboxylic acids is 1. The van der Waals surface area contributed by atoms with Crippen LogP contribution in [0.5, 0.6) is 11.5 Å². The number of aromatic nitrogens is 2. The topological polar surface area (TPSA) is 579 Å². The average Bonchev–Trinajstić information content (AvgIpc) is 1.66. The normalized spacial score (nSPS) is 20.2. The van der Waals surface area contributed by atoms with Gasteiger partial charge >= 0.3 is 48.0 Å². The molecule has 0 radical (unpaired) electrons. The van der Waals surface area contributed by atoms with Gasteiger partial charge in [0.1, 0.15) is 82.2 Å². The number of Topliss-reactive ketones (excluding diaryl/α,β-unsaturated/α-hetero) is 1. The SMILES string of the molecule is CC(C)(C)OC(=O)N[C@@H](CC1CCCCC1)C(=O)O.COC(=O)[C@@H](N)C[C@@H]1CCNC1=O.COC(=O)[C@H](C[C@@H]1CCCC1=O)NC(=O)[C@H](CC1CCCCC1)NC(=O)c1cc2c(OC)cccc2[nH]1.COC(=O)[C@H](C[C@@H]1CCNC1=O)NC(=O)[C@@H](N)CC1CCCCC1.COC(=O)[C@H](C[C@@H]1CCNC1=O)NC(=O)[C@H](CC1CCCCC1)NC(=O)OC(C)(C)C.COc1cccc2[nH]c(C(=O)O)cc12. The van der Waals surface area contributed by atoms with Gasteiger partial charge in [-0.2, -0.15) is 0 Å². The summed E-state index contributed by atoms with van der Waals surface area (Å²) in [7, 11) is 8.21. The molecule has 768 valence electrons. The van der Waals surface area contributed by atoms with Crippen molar-refractivity contribution in [2.24, 2.45) is 58.8 Å². The summed E-state index contributed by atoms with van der Waals surface area (Å²) in [4.78, 5) is 199. The van der Waals surface area contributed by atoms with Gasteiger partial charge in [-0.3, -0.25) is 43.2 Å². The molecule has 39 heteroatoms. The quantitative estimate of drug-likeness (QED) is 0.0153. The molecule has 2 aromatic carbocycles. The summed E-state index contributed by atoms with van der Waals surface area (Å²) >= 11 is 0. The van der Waals surface area contributed by atoms with Crippen molar-refractivity contribution < 1.29 is 125 Å². The number of amides is 9. The fraction of sp³-hybridized carbons (Fsp3) is 0.677. The Bertz CT molecular complexity index is 4690. The van der Waals surface area contributed by atoms with Gasteiger partial charge in [0.2, 0.25) is 35.4 Å². The highest BCUT2D eigenvalue weighted by Crippen LogP contribution is 2.35. The summed E-state index contributed by atoms with van der Waals surface area (Å²) in [6, 6.07) is 7.66. The minimum Gasteiger partial charge on any atom is -0.496 e. The summed E-state index contributed by atoms with van der Waals surface area (Å²) in [6.45, 7) is 12.4. The summed E-state index contributed by atoms with van der Waals surface area (Å²) in [5.74, 6) is -4.12. The summed E-state index contributed by atoms with van der Waals surface area (Å²) in [5.41, 5.74) is 12.3. The van der Waals surface area contributed by atoms with Gasteiger partial charge in [0.15, 0.2) is 0 Å². The summed E-state index contributed by atoms with van der Waals surface area (Å²) in [6.07, 6.45) is 28.1. The lowest BCUT2D eigenvalue weighted by atomic mass is 9.84. The number of carboxylic acids is 2. The second kappa shape index (κ2) is 57.0. The average molecular weight is 1940 g/mol. The molecule has 5 heterocycles. The van der Waals surface area contributed by atoms with Gasteiger partial charge in [-0.15, -0.1) is 0 Å². The van der Waals surface area contributed by atoms with Gasteiger partial charge in [0.05, 0.1) is 48.7 Å². The number of hydrogen-bond donors (Lipinski definition) is 15. The van der Waals surface area contributed by atoms with E-state index in [1.54, 1.807) is 74.0 Å². The largest absolute Gasteiger partial charge is 0.496 e. The number of fused-ring (bicyclic) bond motifs is 2. The molecule has 138 heavy (non-hydrogen) atoms. The van der Waals surface area contributed by atoms with E-state index in [1.807, 2.05) is 30.3 Å². The van der Waals surface area contributed by atoms with Crippen molar-refractivity contribution in [1.82, 2.24) is 57.8 Å². The highest BCUT2D eigenvalue weighted by atomic mass is 16.6. The fourth-order valence-electron chi connectivity index (χ4n) is 18.9. The zero-order valence-corrected chi connectivity index (χ0v) is 82.4.